The molecule has 5 rings (SSSR count). The second-order valence-electron chi connectivity index (χ2n) is 7.00. The fourth-order valence-corrected chi connectivity index (χ4v) is 3.78. The summed E-state index contributed by atoms with van der Waals surface area (Å²) >= 11 is 0. The Bertz CT molecular complexity index is 1200. The number of rotatable bonds is 3. The Kier molecular flexibility index (Phi) is 4.23. The number of nitrogens with zero attached hydrogens (tertiary/aromatic N) is 6. The number of hydrogen-bond donors (Lipinski definition) is 0. The average molecular weight is 386 g/mol. The molecule has 1 atom stereocenters. The molecule has 1 amide bonds. The lowest BCUT2D eigenvalue weighted by molar-refractivity contribution is 0.0714. The van der Waals surface area contributed by atoms with E-state index in [2.05, 4.69) is 25.1 Å². The van der Waals surface area contributed by atoms with E-state index in [0.717, 1.165) is 23.6 Å². The van der Waals surface area contributed by atoms with E-state index in [1.165, 1.54) is 6.33 Å². The van der Waals surface area contributed by atoms with Crippen molar-refractivity contribution in [3.8, 4) is 11.6 Å². The van der Waals surface area contributed by atoms with Gasteiger partial charge < -0.3 is 9.32 Å². The van der Waals surface area contributed by atoms with Crippen LogP contribution in [0.25, 0.3) is 22.4 Å². The third-order valence-electron chi connectivity index (χ3n) is 5.26. The van der Waals surface area contributed by atoms with Crippen LogP contribution in [0.4, 0.5) is 0 Å². The Morgan fingerprint density at radius 3 is 2.97 bits per heavy atom. The zero-order valence-electron chi connectivity index (χ0n) is 15.8. The summed E-state index contributed by atoms with van der Waals surface area (Å²) in [5, 5.41) is 10.5. The summed E-state index contributed by atoms with van der Waals surface area (Å²) in [6.45, 7) is 2.43. The smallest absolute Gasteiger partial charge is 0.267 e. The van der Waals surface area contributed by atoms with E-state index in [1.807, 2.05) is 30.3 Å². The first-order chi connectivity index (χ1) is 14.2. The molecule has 4 aromatic rings. The fourth-order valence-electron chi connectivity index (χ4n) is 3.78. The van der Waals surface area contributed by atoms with Gasteiger partial charge in [-0.25, -0.2) is 9.97 Å². The SMILES string of the molecule is Cc1ncncc1C(=O)N1CCC[C@H]1c1nnc(-c2nccc3ccccc23)o1. The van der Waals surface area contributed by atoms with Crippen molar-refractivity contribution in [1.29, 1.82) is 0 Å². The van der Waals surface area contributed by atoms with Crippen LogP contribution in [-0.2, 0) is 0 Å². The van der Waals surface area contributed by atoms with Crippen LogP contribution in [0.15, 0.2) is 53.5 Å². The van der Waals surface area contributed by atoms with Gasteiger partial charge >= 0.3 is 0 Å². The molecule has 0 radical (unpaired) electrons. The van der Waals surface area contributed by atoms with Crippen molar-refractivity contribution >= 4 is 16.7 Å². The molecule has 0 aliphatic carbocycles. The number of aryl methyl sites for hydroxylation is 1. The first kappa shape index (κ1) is 17.4. The predicted octanol–water partition coefficient (Wildman–Crippen LogP) is 3.36. The van der Waals surface area contributed by atoms with E-state index < -0.39 is 0 Å². The number of hydrogen-bond acceptors (Lipinski definition) is 7. The van der Waals surface area contributed by atoms with Gasteiger partial charge in [-0.1, -0.05) is 24.3 Å². The molecule has 0 spiro atoms. The van der Waals surface area contributed by atoms with Gasteiger partial charge in [0.25, 0.3) is 11.8 Å². The zero-order valence-corrected chi connectivity index (χ0v) is 15.8. The minimum Gasteiger partial charge on any atom is -0.417 e. The molecular weight excluding hydrogens is 368 g/mol. The van der Waals surface area contributed by atoms with E-state index in [-0.39, 0.29) is 11.9 Å². The summed E-state index contributed by atoms with van der Waals surface area (Å²) in [7, 11) is 0. The van der Waals surface area contributed by atoms with E-state index in [1.54, 1.807) is 24.2 Å². The van der Waals surface area contributed by atoms with Crippen LogP contribution in [0.5, 0.6) is 0 Å². The van der Waals surface area contributed by atoms with Gasteiger partial charge in [0.1, 0.15) is 18.1 Å². The third-order valence-corrected chi connectivity index (χ3v) is 5.26. The Balaban J connectivity index is 1.48. The zero-order chi connectivity index (χ0) is 19.8. The van der Waals surface area contributed by atoms with Crippen LogP contribution in [0.3, 0.4) is 0 Å². The highest BCUT2D eigenvalue weighted by Crippen LogP contribution is 2.34. The number of amides is 1. The molecular formula is C21H18N6O2. The maximum atomic E-state index is 13.0. The maximum Gasteiger partial charge on any atom is 0.267 e. The van der Waals surface area contributed by atoms with Gasteiger partial charge in [0.05, 0.1) is 11.3 Å². The largest absolute Gasteiger partial charge is 0.417 e. The number of fused-ring (bicyclic) bond motifs is 1. The summed E-state index contributed by atoms with van der Waals surface area (Å²) < 4.78 is 6.00. The summed E-state index contributed by atoms with van der Waals surface area (Å²) in [6, 6.07) is 9.59. The fraction of sp³-hybridized carbons (Fsp3) is 0.238. The van der Waals surface area contributed by atoms with Crippen LogP contribution < -0.4 is 0 Å². The molecule has 0 unspecified atom stereocenters. The number of carbonyl (C=O) groups excluding carboxylic acids is 1. The van der Waals surface area contributed by atoms with Crippen molar-refractivity contribution in [1.82, 2.24) is 30.0 Å². The second-order valence-corrected chi connectivity index (χ2v) is 7.00. The molecule has 8 heteroatoms. The van der Waals surface area contributed by atoms with Crippen molar-refractivity contribution in [2.75, 3.05) is 6.54 Å². The summed E-state index contributed by atoms with van der Waals surface area (Å²) in [4.78, 5) is 27.4. The van der Waals surface area contributed by atoms with Crippen molar-refractivity contribution in [3.63, 3.8) is 0 Å². The lowest BCUT2D eigenvalue weighted by Crippen LogP contribution is -2.31. The molecule has 8 nitrogen and oxygen atoms in total. The quantitative estimate of drug-likeness (QED) is 0.532. The maximum absolute atomic E-state index is 13.0. The first-order valence-corrected chi connectivity index (χ1v) is 9.47. The summed E-state index contributed by atoms with van der Waals surface area (Å²) in [6.07, 6.45) is 6.36. The monoisotopic (exact) mass is 386 g/mol. The molecule has 0 bridgehead atoms. The highest BCUT2D eigenvalue weighted by molar-refractivity contribution is 5.95. The van der Waals surface area contributed by atoms with E-state index in [9.17, 15) is 4.79 Å². The summed E-state index contributed by atoms with van der Waals surface area (Å²) in [5.74, 6) is 0.666. The van der Waals surface area contributed by atoms with Gasteiger partial charge in [0.2, 0.25) is 5.89 Å². The topological polar surface area (TPSA) is 97.9 Å². The Hall–Kier alpha value is -3.68. The van der Waals surface area contributed by atoms with Gasteiger partial charge in [-0.3, -0.25) is 9.78 Å². The van der Waals surface area contributed by atoms with Crippen LogP contribution in [0.2, 0.25) is 0 Å². The normalized spacial score (nSPS) is 16.4. The molecule has 0 N–H and O–H groups in total. The highest BCUT2D eigenvalue weighted by atomic mass is 16.4. The van der Waals surface area contributed by atoms with Crippen LogP contribution >= 0.6 is 0 Å². The van der Waals surface area contributed by atoms with Crippen molar-refractivity contribution in [2.24, 2.45) is 0 Å². The van der Waals surface area contributed by atoms with E-state index in [0.29, 0.717) is 35.3 Å². The first-order valence-electron chi connectivity index (χ1n) is 9.47. The number of benzene rings is 1. The molecule has 144 valence electrons. The van der Waals surface area contributed by atoms with Gasteiger partial charge in [-0.2, -0.15) is 0 Å². The lowest BCUT2D eigenvalue weighted by Gasteiger charge is -2.22. The molecule has 1 aliphatic rings. The van der Waals surface area contributed by atoms with Crippen molar-refractivity contribution < 1.29 is 9.21 Å². The molecule has 4 heterocycles. The molecule has 1 saturated heterocycles. The number of likely N-dealkylation sites (tertiary alicyclic amines) is 1. The predicted molar refractivity (Wildman–Crippen MR) is 105 cm³/mol. The average Bonchev–Trinajstić information content (AvgIpc) is 3.43. The van der Waals surface area contributed by atoms with Crippen LogP contribution in [-0.4, -0.2) is 42.5 Å². The molecule has 0 saturated carbocycles. The standard InChI is InChI=1S/C21H18N6O2/c1-13-16(11-22-12-24-13)21(28)27-10-4-7-17(27)19-25-26-20(29-19)18-15-6-3-2-5-14(15)8-9-23-18/h2-3,5-6,8-9,11-12,17H,4,7,10H2,1H3/t17-/m0/s1. The third kappa shape index (κ3) is 3.02. The van der Waals surface area contributed by atoms with Crippen LogP contribution in [0, 0.1) is 6.92 Å². The van der Waals surface area contributed by atoms with Crippen molar-refractivity contribution in [2.45, 2.75) is 25.8 Å². The van der Waals surface area contributed by atoms with Gasteiger partial charge in [0, 0.05) is 24.3 Å². The van der Waals surface area contributed by atoms with Gasteiger partial charge in [0.15, 0.2) is 0 Å². The Labute approximate surface area is 166 Å². The van der Waals surface area contributed by atoms with Crippen molar-refractivity contribution in [3.05, 3.63) is 66.2 Å². The molecule has 1 aromatic carbocycles. The lowest BCUT2D eigenvalue weighted by atomic mass is 10.1. The van der Waals surface area contributed by atoms with Gasteiger partial charge in [-0.05, 0) is 31.2 Å². The minimum absolute atomic E-state index is 0.117. The number of pyridine rings is 1. The van der Waals surface area contributed by atoms with E-state index in [4.69, 9.17) is 4.42 Å². The Morgan fingerprint density at radius 1 is 1.17 bits per heavy atom. The van der Waals surface area contributed by atoms with Gasteiger partial charge in [-0.15, -0.1) is 10.2 Å². The molecule has 1 aliphatic heterocycles. The minimum atomic E-state index is -0.265. The van der Waals surface area contributed by atoms with E-state index >= 15 is 0 Å². The second kappa shape index (κ2) is 7.05. The molecule has 3 aromatic heterocycles. The Morgan fingerprint density at radius 2 is 2.07 bits per heavy atom. The summed E-state index contributed by atoms with van der Waals surface area (Å²) in [5.41, 5.74) is 1.79. The molecule has 29 heavy (non-hydrogen) atoms. The number of aromatic nitrogens is 5. The highest BCUT2D eigenvalue weighted by Gasteiger charge is 2.35. The van der Waals surface area contributed by atoms with Crippen LogP contribution in [0.1, 0.15) is 40.8 Å². The molecule has 1 fully saturated rings. The number of carbonyl (C=O) groups is 1.